The van der Waals surface area contributed by atoms with Crippen LogP contribution in [0.15, 0.2) is 22.7 Å². The second kappa shape index (κ2) is 5.36. The van der Waals surface area contributed by atoms with Gasteiger partial charge in [0.2, 0.25) is 0 Å². The molecule has 1 atom stereocenters. The quantitative estimate of drug-likeness (QED) is 0.922. The molecule has 1 unspecified atom stereocenters. The number of aliphatic hydroxyl groups is 1. The van der Waals surface area contributed by atoms with Crippen LogP contribution < -0.4 is 9.47 Å². The second-order valence-corrected chi connectivity index (χ2v) is 4.69. The van der Waals surface area contributed by atoms with Crippen molar-refractivity contribution in [1.82, 2.24) is 0 Å². The lowest BCUT2D eigenvalue weighted by molar-refractivity contribution is -0.260. The van der Waals surface area contributed by atoms with Gasteiger partial charge in [-0.3, -0.25) is 0 Å². The van der Waals surface area contributed by atoms with Gasteiger partial charge >= 0.3 is 6.18 Å². The highest BCUT2D eigenvalue weighted by Gasteiger charge is 2.50. The fourth-order valence-electron chi connectivity index (χ4n) is 1.08. The van der Waals surface area contributed by atoms with Crippen molar-refractivity contribution in [3.8, 4) is 11.5 Å². The van der Waals surface area contributed by atoms with Gasteiger partial charge in [-0.05, 0) is 35.0 Å². The molecule has 7 heteroatoms. The number of benzene rings is 1. The van der Waals surface area contributed by atoms with E-state index in [1.807, 2.05) is 0 Å². The third kappa shape index (κ3) is 3.29. The van der Waals surface area contributed by atoms with Crippen LogP contribution in [0, 0.1) is 0 Å². The van der Waals surface area contributed by atoms with Gasteiger partial charge in [0.1, 0.15) is 6.61 Å². The van der Waals surface area contributed by atoms with Gasteiger partial charge in [-0.1, -0.05) is 6.07 Å². The van der Waals surface area contributed by atoms with Gasteiger partial charge in [0.05, 0.1) is 11.6 Å². The lowest BCUT2D eigenvalue weighted by Crippen LogP contribution is -2.47. The Balaban J connectivity index is 2.87. The van der Waals surface area contributed by atoms with Crippen molar-refractivity contribution in [3.63, 3.8) is 0 Å². The minimum absolute atomic E-state index is 0.115. The van der Waals surface area contributed by atoms with Crippen LogP contribution in [0.4, 0.5) is 13.2 Å². The number of methoxy groups -OCH3 is 1. The molecule has 0 saturated carbocycles. The summed E-state index contributed by atoms with van der Waals surface area (Å²) in [5.41, 5.74) is -2.92. The summed E-state index contributed by atoms with van der Waals surface area (Å²) in [6.45, 7) is -0.272. The Morgan fingerprint density at radius 1 is 1.33 bits per heavy atom. The molecular weight excluding hydrogens is 317 g/mol. The number of para-hydroxylation sites is 1. The average molecular weight is 329 g/mol. The van der Waals surface area contributed by atoms with Crippen molar-refractivity contribution in [1.29, 1.82) is 0 Å². The van der Waals surface area contributed by atoms with Gasteiger partial charge in [0.25, 0.3) is 0 Å². The predicted molar refractivity (Wildman–Crippen MR) is 62.9 cm³/mol. The first kappa shape index (κ1) is 15.1. The molecule has 1 aromatic carbocycles. The van der Waals surface area contributed by atoms with Crippen LogP contribution in [0.2, 0.25) is 0 Å². The first-order valence-electron chi connectivity index (χ1n) is 4.93. The minimum atomic E-state index is -4.76. The maximum Gasteiger partial charge on any atom is 0.420 e. The number of alkyl halides is 3. The van der Waals surface area contributed by atoms with E-state index in [2.05, 4.69) is 15.9 Å². The number of hydrogen-bond donors (Lipinski definition) is 1. The molecule has 0 aromatic heterocycles. The molecule has 0 heterocycles. The van der Waals surface area contributed by atoms with Crippen LogP contribution in [0.3, 0.4) is 0 Å². The normalized spacial score (nSPS) is 15.1. The molecule has 0 aliphatic carbocycles. The Morgan fingerprint density at radius 2 is 1.94 bits per heavy atom. The van der Waals surface area contributed by atoms with E-state index in [1.165, 1.54) is 7.11 Å². The van der Waals surface area contributed by atoms with Crippen LogP contribution in [0.5, 0.6) is 11.5 Å². The third-order valence-electron chi connectivity index (χ3n) is 2.26. The van der Waals surface area contributed by atoms with Gasteiger partial charge < -0.3 is 14.6 Å². The van der Waals surface area contributed by atoms with Crippen molar-refractivity contribution in [2.24, 2.45) is 0 Å². The first-order valence-corrected chi connectivity index (χ1v) is 5.73. The average Bonchev–Trinajstić information content (AvgIpc) is 2.25. The number of ether oxygens (including phenoxy) is 2. The number of rotatable bonds is 4. The Morgan fingerprint density at radius 3 is 2.44 bits per heavy atom. The highest BCUT2D eigenvalue weighted by molar-refractivity contribution is 9.10. The lowest BCUT2D eigenvalue weighted by Gasteiger charge is -2.26. The van der Waals surface area contributed by atoms with E-state index in [-0.39, 0.29) is 11.5 Å². The molecule has 1 rings (SSSR count). The summed E-state index contributed by atoms with van der Waals surface area (Å²) in [5.74, 6) is 0.395. The van der Waals surface area contributed by atoms with Crippen molar-refractivity contribution < 1.29 is 27.8 Å². The van der Waals surface area contributed by atoms with E-state index in [0.717, 1.165) is 0 Å². The smallest absolute Gasteiger partial charge is 0.420 e. The fraction of sp³-hybridized carbons (Fsp3) is 0.455. The molecule has 18 heavy (non-hydrogen) atoms. The molecule has 0 saturated heterocycles. The van der Waals surface area contributed by atoms with Crippen LogP contribution in [0.1, 0.15) is 6.92 Å². The van der Waals surface area contributed by atoms with Crippen LogP contribution >= 0.6 is 15.9 Å². The monoisotopic (exact) mass is 328 g/mol. The van der Waals surface area contributed by atoms with Gasteiger partial charge in [0, 0.05) is 0 Å². The molecular formula is C11H12BrF3O3. The number of halogens is 4. The zero-order valence-corrected chi connectivity index (χ0v) is 11.3. The van der Waals surface area contributed by atoms with Gasteiger partial charge in [-0.2, -0.15) is 13.2 Å². The molecule has 1 N–H and O–H groups in total. The maximum absolute atomic E-state index is 12.4. The fourth-order valence-corrected chi connectivity index (χ4v) is 1.55. The van der Waals surface area contributed by atoms with Crippen molar-refractivity contribution in [2.45, 2.75) is 18.7 Å². The molecule has 0 amide bonds. The topological polar surface area (TPSA) is 38.7 Å². The highest BCUT2D eigenvalue weighted by Crippen LogP contribution is 2.37. The Bertz CT molecular complexity index is 418. The summed E-state index contributed by atoms with van der Waals surface area (Å²) in [6, 6.07) is 4.79. The highest BCUT2D eigenvalue weighted by atomic mass is 79.9. The van der Waals surface area contributed by atoms with Crippen molar-refractivity contribution in [3.05, 3.63) is 22.7 Å². The molecule has 3 nitrogen and oxygen atoms in total. The Hall–Kier alpha value is -0.950. The molecule has 0 radical (unpaired) electrons. The Labute approximate surface area is 111 Å². The zero-order chi connectivity index (χ0) is 14.0. The van der Waals surface area contributed by atoms with E-state index in [1.54, 1.807) is 18.2 Å². The summed E-state index contributed by atoms with van der Waals surface area (Å²) in [6.07, 6.45) is -4.76. The van der Waals surface area contributed by atoms with Crippen molar-refractivity contribution >= 4 is 15.9 Å². The minimum Gasteiger partial charge on any atom is -0.493 e. The molecule has 0 spiro atoms. The summed E-state index contributed by atoms with van der Waals surface area (Å²) in [5, 5.41) is 9.26. The molecule has 1 aromatic rings. The molecule has 102 valence electrons. The largest absolute Gasteiger partial charge is 0.493 e. The summed E-state index contributed by atoms with van der Waals surface area (Å²) in [7, 11) is 1.37. The summed E-state index contributed by atoms with van der Waals surface area (Å²) >= 11 is 3.14. The molecule has 0 aliphatic heterocycles. The summed E-state index contributed by atoms with van der Waals surface area (Å²) < 4.78 is 47.8. The molecule has 0 bridgehead atoms. The van der Waals surface area contributed by atoms with E-state index >= 15 is 0 Å². The maximum atomic E-state index is 12.4. The summed E-state index contributed by atoms with van der Waals surface area (Å²) in [4.78, 5) is 0. The third-order valence-corrected chi connectivity index (χ3v) is 2.88. The molecule has 0 aliphatic rings. The zero-order valence-electron chi connectivity index (χ0n) is 9.71. The SMILES string of the molecule is COc1cccc(Br)c1OCC(C)(O)C(F)(F)F. The van der Waals surface area contributed by atoms with Gasteiger partial charge in [-0.25, -0.2) is 0 Å². The first-order chi connectivity index (χ1) is 8.19. The Kier molecular flexibility index (Phi) is 4.50. The van der Waals surface area contributed by atoms with E-state index in [9.17, 15) is 18.3 Å². The van der Waals surface area contributed by atoms with Crippen LogP contribution in [-0.2, 0) is 0 Å². The predicted octanol–water partition coefficient (Wildman–Crippen LogP) is 3.15. The van der Waals surface area contributed by atoms with Crippen LogP contribution in [-0.4, -0.2) is 30.6 Å². The standard InChI is InChI=1S/C11H12BrF3O3/c1-10(16,11(13,14)15)6-18-9-7(12)4-3-5-8(9)17-2/h3-5,16H,6H2,1-2H3. The van der Waals surface area contributed by atoms with Crippen LogP contribution in [0.25, 0.3) is 0 Å². The molecule has 0 fully saturated rings. The van der Waals surface area contributed by atoms with Gasteiger partial charge in [-0.15, -0.1) is 0 Å². The van der Waals surface area contributed by atoms with E-state index < -0.39 is 18.4 Å². The second-order valence-electron chi connectivity index (χ2n) is 3.83. The van der Waals surface area contributed by atoms with E-state index in [4.69, 9.17) is 9.47 Å². The van der Waals surface area contributed by atoms with Crippen molar-refractivity contribution in [2.75, 3.05) is 13.7 Å². The number of hydrogen-bond acceptors (Lipinski definition) is 3. The van der Waals surface area contributed by atoms with Gasteiger partial charge in [0.15, 0.2) is 17.1 Å². The lowest BCUT2D eigenvalue weighted by atomic mass is 10.1. The van der Waals surface area contributed by atoms with E-state index in [0.29, 0.717) is 11.4 Å².